The maximum Gasteiger partial charge on any atom is 0.394 e. The Bertz CT molecular complexity index is 1410. The molecule has 0 saturated heterocycles. The Labute approximate surface area is 237 Å². The van der Waals surface area contributed by atoms with E-state index < -0.39 is 11.9 Å². The third-order valence-corrected chi connectivity index (χ3v) is 8.24. The van der Waals surface area contributed by atoms with Gasteiger partial charge < -0.3 is 10.0 Å². The van der Waals surface area contributed by atoms with Crippen LogP contribution >= 0.6 is 0 Å². The molecule has 0 unspecified atom stereocenters. The van der Waals surface area contributed by atoms with Gasteiger partial charge in [-0.2, -0.15) is 0 Å². The molecule has 1 aliphatic rings. The second-order valence-electron chi connectivity index (χ2n) is 10.9. The van der Waals surface area contributed by atoms with E-state index >= 15 is 0 Å². The molecule has 1 atom stereocenters. The Balaban J connectivity index is 1.45. The maximum atomic E-state index is 12.9. The van der Waals surface area contributed by atoms with E-state index in [1.165, 1.54) is 36.0 Å². The summed E-state index contributed by atoms with van der Waals surface area (Å²) in [5, 5.41) is 9.66. The van der Waals surface area contributed by atoms with E-state index in [0.717, 1.165) is 29.5 Å². The maximum absolute atomic E-state index is 12.9. The fourth-order valence-electron chi connectivity index (χ4n) is 6.08. The van der Waals surface area contributed by atoms with E-state index in [-0.39, 0.29) is 5.92 Å². The molecule has 4 heteroatoms. The zero-order chi connectivity index (χ0) is 27.7. The van der Waals surface area contributed by atoms with E-state index in [1.54, 1.807) is 4.90 Å². The van der Waals surface area contributed by atoms with Crippen LogP contribution < -0.4 is 0 Å². The van der Waals surface area contributed by atoms with Gasteiger partial charge in [-0.15, -0.1) is 0 Å². The number of rotatable bonds is 9. The molecule has 0 radical (unpaired) electrons. The average Bonchev–Trinajstić information content (AvgIpc) is 3.02. The fraction of sp³-hybridized carbons (Fsp3) is 0.278. The minimum Gasteiger partial charge on any atom is -0.474 e. The second kappa shape index (κ2) is 13.3. The largest absolute Gasteiger partial charge is 0.474 e. The number of carbonyl (C=O) groups is 2. The molecule has 1 aliphatic carbocycles. The zero-order valence-electron chi connectivity index (χ0n) is 22.9. The van der Waals surface area contributed by atoms with Gasteiger partial charge in [0, 0.05) is 19.0 Å². The summed E-state index contributed by atoms with van der Waals surface area (Å²) < 4.78 is 0. The monoisotopic (exact) mass is 531 g/mol. The highest BCUT2D eigenvalue weighted by Crippen LogP contribution is 2.38. The molecule has 1 amide bonds. The molecular weight excluding hydrogens is 494 g/mol. The summed E-state index contributed by atoms with van der Waals surface area (Å²) in [6.07, 6.45) is 6.43. The van der Waals surface area contributed by atoms with Gasteiger partial charge in [0.05, 0.1) is 0 Å². The van der Waals surface area contributed by atoms with Gasteiger partial charge in [-0.3, -0.25) is 4.79 Å². The van der Waals surface area contributed by atoms with Crippen LogP contribution in [0.1, 0.15) is 49.1 Å². The summed E-state index contributed by atoms with van der Waals surface area (Å²) in [6, 6.07) is 37.6. The van der Waals surface area contributed by atoms with Crippen LogP contribution in [-0.2, 0) is 16.0 Å². The lowest BCUT2D eigenvalue weighted by Gasteiger charge is -2.34. The van der Waals surface area contributed by atoms with Gasteiger partial charge >= 0.3 is 11.9 Å². The molecule has 0 heterocycles. The van der Waals surface area contributed by atoms with Gasteiger partial charge in [-0.25, -0.2) is 4.79 Å². The molecule has 0 bridgehead atoms. The van der Waals surface area contributed by atoms with E-state index in [1.807, 2.05) is 36.4 Å². The Morgan fingerprint density at radius 1 is 0.700 bits per heavy atom. The first kappa shape index (κ1) is 27.4. The number of hydrogen-bond acceptors (Lipinski definition) is 2. The van der Waals surface area contributed by atoms with Crippen molar-refractivity contribution in [2.75, 3.05) is 13.1 Å². The molecule has 4 aromatic rings. The lowest BCUT2D eigenvalue weighted by Crippen LogP contribution is -2.42. The quantitative estimate of drug-likeness (QED) is 0.224. The standard InChI is InChI=1S/C36H37NO3/c38-35(36(39)40)37(23-22-27-12-4-1-5-13-27)26-34(29-16-8-3-9-17-29)33-21-11-20-32(25-33)31-19-10-18-30(24-31)28-14-6-2-7-15-28/h1-2,4-7,10-15,18-21,24-25,29,34H,3,8-9,16-17,22-23,26H2,(H,39,40)/t34-/m1/s1. The van der Waals surface area contributed by atoms with Crippen molar-refractivity contribution in [1.29, 1.82) is 0 Å². The van der Waals surface area contributed by atoms with Crippen molar-refractivity contribution in [3.8, 4) is 22.3 Å². The summed E-state index contributed by atoms with van der Waals surface area (Å²) in [7, 11) is 0. The minimum absolute atomic E-state index is 0.0802. The summed E-state index contributed by atoms with van der Waals surface area (Å²) in [5.41, 5.74) is 6.91. The highest BCUT2D eigenvalue weighted by atomic mass is 16.4. The van der Waals surface area contributed by atoms with Gasteiger partial charge in [0.2, 0.25) is 0 Å². The number of carboxylic acid groups (broad SMARTS) is 1. The third kappa shape index (κ3) is 6.87. The van der Waals surface area contributed by atoms with E-state index in [4.69, 9.17) is 0 Å². The lowest BCUT2D eigenvalue weighted by molar-refractivity contribution is -0.156. The van der Waals surface area contributed by atoms with Crippen molar-refractivity contribution < 1.29 is 14.7 Å². The van der Waals surface area contributed by atoms with Gasteiger partial charge in [-0.05, 0) is 64.6 Å². The summed E-state index contributed by atoms with van der Waals surface area (Å²) in [4.78, 5) is 26.3. The van der Waals surface area contributed by atoms with Crippen LogP contribution in [0.2, 0.25) is 0 Å². The molecule has 40 heavy (non-hydrogen) atoms. The first-order valence-electron chi connectivity index (χ1n) is 14.4. The Morgan fingerprint density at radius 2 is 1.27 bits per heavy atom. The fourth-order valence-corrected chi connectivity index (χ4v) is 6.08. The van der Waals surface area contributed by atoms with Crippen molar-refractivity contribution in [3.63, 3.8) is 0 Å². The predicted octanol–water partition coefficient (Wildman–Crippen LogP) is 7.84. The molecule has 0 aromatic heterocycles. The predicted molar refractivity (Wildman–Crippen MR) is 161 cm³/mol. The summed E-state index contributed by atoms with van der Waals surface area (Å²) in [5.74, 6) is -1.71. The molecule has 5 rings (SSSR count). The second-order valence-corrected chi connectivity index (χ2v) is 10.9. The van der Waals surface area contributed by atoms with Crippen LogP contribution in [0.4, 0.5) is 0 Å². The first-order valence-corrected chi connectivity index (χ1v) is 14.4. The van der Waals surface area contributed by atoms with Crippen LogP contribution in [0, 0.1) is 5.92 Å². The number of carboxylic acids is 1. The van der Waals surface area contributed by atoms with Crippen molar-refractivity contribution in [2.45, 2.75) is 44.4 Å². The summed E-state index contributed by atoms with van der Waals surface area (Å²) in [6.45, 7) is 0.799. The van der Waals surface area contributed by atoms with Crippen molar-refractivity contribution in [2.24, 2.45) is 5.92 Å². The first-order chi connectivity index (χ1) is 19.6. The molecule has 1 fully saturated rings. The Hall–Kier alpha value is -4.18. The highest BCUT2D eigenvalue weighted by Gasteiger charge is 2.30. The Morgan fingerprint density at radius 3 is 1.95 bits per heavy atom. The molecular formula is C36H37NO3. The van der Waals surface area contributed by atoms with Crippen molar-refractivity contribution >= 4 is 11.9 Å². The normalized spacial score (nSPS) is 14.4. The van der Waals surface area contributed by atoms with Crippen LogP contribution in [0.3, 0.4) is 0 Å². The van der Waals surface area contributed by atoms with Crippen molar-refractivity contribution in [3.05, 3.63) is 120 Å². The number of amides is 1. The molecule has 4 aromatic carbocycles. The number of aliphatic carboxylic acids is 1. The summed E-state index contributed by atoms with van der Waals surface area (Å²) >= 11 is 0. The minimum atomic E-state index is -1.39. The SMILES string of the molecule is O=C(O)C(=O)N(CCc1ccccc1)C[C@@H](c1cccc(-c2cccc(-c3ccccc3)c2)c1)C1CCCCC1. The van der Waals surface area contributed by atoms with E-state index in [2.05, 4.69) is 72.8 Å². The molecule has 4 nitrogen and oxygen atoms in total. The third-order valence-electron chi connectivity index (χ3n) is 8.24. The van der Waals surface area contributed by atoms with Crippen molar-refractivity contribution in [1.82, 2.24) is 4.90 Å². The van der Waals surface area contributed by atoms with E-state index in [9.17, 15) is 14.7 Å². The van der Waals surface area contributed by atoms with E-state index in [0.29, 0.717) is 25.4 Å². The number of hydrogen-bond donors (Lipinski definition) is 1. The number of nitrogens with zero attached hydrogens (tertiary/aromatic N) is 1. The van der Waals surface area contributed by atoms with Crippen LogP contribution in [0.15, 0.2) is 109 Å². The molecule has 1 saturated carbocycles. The van der Waals surface area contributed by atoms with Crippen LogP contribution in [0.25, 0.3) is 22.3 Å². The molecule has 204 valence electrons. The highest BCUT2D eigenvalue weighted by molar-refractivity contribution is 6.31. The lowest BCUT2D eigenvalue weighted by atomic mass is 9.76. The molecule has 0 aliphatic heterocycles. The van der Waals surface area contributed by atoms with Gasteiger partial charge in [-0.1, -0.05) is 122 Å². The Kier molecular flexibility index (Phi) is 9.07. The average molecular weight is 532 g/mol. The van der Waals surface area contributed by atoms with Crippen LogP contribution in [-0.4, -0.2) is 35.0 Å². The van der Waals surface area contributed by atoms with Gasteiger partial charge in [0.1, 0.15) is 0 Å². The smallest absolute Gasteiger partial charge is 0.394 e. The van der Waals surface area contributed by atoms with Gasteiger partial charge in [0.15, 0.2) is 0 Å². The van der Waals surface area contributed by atoms with Gasteiger partial charge in [0.25, 0.3) is 0 Å². The molecule has 0 spiro atoms. The number of carbonyl (C=O) groups excluding carboxylic acids is 1. The molecule has 1 N–H and O–H groups in total. The topological polar surface area (TPSA) is 57.6 Å². The zero-order valence-corrected chi connectivity index (χ0v) is 22.9. The number of benzene rings is 4. The van der Waals surface area contributed by atoms with Crippen LogP contribution in [0.5, 0.6) is 0 Å².